The number of aliphatic hydroxyl groups is 4. The van der Waals surface area contributed by atoms with Gasteiger partial charge in [-0.3, -0.25) is 0 Å². The Morgan fingerprint density at radius 2 is 1.17 bits per heavy atom. The molecule has 4 N–H and O–H groups in total. The minimum Gasteiger partial charge on any atom is -0.394 e. The van der Waals surface area contributed by atoms with Crippen molar-refractivity contribution in [3.8, 4) is 0 Å². The Morgan fingerprint density at radius 1 is 0.889 bits per heavy atom. The summed E-state index contributed by atoms with van der Waals surface area (Å²) in [6.07, 6.45) is 9.03. The summed E-state index contributed by atoms with van der Waals surface area (Å²) >= 11 is 0. The van der Waals surface area contributed by atoms with Crippen molar-refractivity contribution in [2.45, 2.75) is 77.4 Å². The standard InChI is InChI=1S/C6H14O2.C6H12.C2H6O2/c1-5(7)4-6(2,3)8;1-2-4-6-5-3-1;3-1-2-4/h5,7-8H,4H2,1-3H3;1-6H2;3-4H,1-2H2. The molecule has 4 nitrogen and oxygen atoms in total. The zero-order valence-corrected chi connectivity index (χ0v) is 12.2. The molecule has 1 unspecified atom stereocenters. The van der Waals surface area contributed by atoms with Gasteiger partial charge in [0.25, 0.3) is 0 Å². The number of hydrogen-bond acceptors (Lipinski definition) is 4. The van der Waals surface area contributed by atoms with E-state index in [9.17, 15) is 0 Å². The highest BCUT2D eigenvalue weighted by Gasteiger charge is 2.14. The van der Waals surface area contributed by atoms with Crippen LogP contribution < -0.4 is 0 Å². The van der Waals surface area contributed by atoms with Gasteiger partial charge in [-0.25, -0.2) is 0 Å². The zero-order valence-electron chi connectivity index (χ0n) is 12.2. The van der Waals surface area contributed by atoms with Gasteiger partial charge in [0, 0.05) is 6.42 Å². The average Bonchev–Trinajstić information content (AvgIpc) is 2.29. The Hall–Kier alpha value is -0.160. The summed E-state index contributed by atoms with van der Waals surface area (Å²) in [6, 6.07) is 0. The van der Waals surface area contributed by atoms with Gasteiger partial charge in [0.2, 0.25) is 0 Å². The summed E-state index contributed by atoms with van der Waals surface area (Å²) in [6.45, 7) is 4.78. The van der Waals surface area contributed by atoms with Gasteiger partial charge < -0.3 is 20.4 Å². The summed E-state index contributed by atoms with van der Waals surface area (Å²) in [7, 11) is 0. The van der Waals surface area contributed by atoms with Gasteiger partial charge in [0.15, 0.2) is 0 Å². The maximum atomic E-state index is 9.03. The molecule has 1 aliphatic carbocycles. The third-order valence-electron chi connectivity index (χ3n) is 2.39. The highest BCUT2D eigenvalue weighted by molar-refractivity contribution is 4.67. The summed E-state index contributed by atoms with van der Waals surface area (Å²) in [5.41, 5.74) is -0.728. The fourth-order valence-electron chi connectivity index (χ4n) is 1.78. The Bertz CT molecular complexity index is 135. The van der Waals surface area contributed by atoms with Crippen LogP contribution in [0, 0.1) is 0 Å². The first-order valence-corrected chi connectivity index (χ1v) is 6.95. The van der Waals surface area contributed by atoms with E-state index in [0.717, 1.165) is 0 Å². The van der Waals surface area contributed by atoms with E-state index in [0.29, 0.717) is 6.42 Å². The first-order chi connectivity index (χ1) is 8.33. The lowest BCUT2D eigenvalue weighted by molar-refractivity contribution is 0.0249. The molecule has 0 aromatic carbocycles. The minimum absolute atomic E-state index is 0.125. The molecule has 0 bridgehead atoms. The second kappa shape index (κ2) is 13.3. The molecule has 1 rings (SSSR count). The molecule has 1 aliphatic rings. The Morgan fingerprint density at radius 3 is 1.22 bits per heavy atom. The maximum absolute atomic E-state index is 9.03. The van der Waals surface area contributed by atoms with Crippen molar-refractivity contribution in [2.24, 2.45) is 0 Å². The lowest BCUT2D eigenvalue weighted by atomic mass is 10.0. The molecule has 1 fully saturated rings. The van der Waals surface area contributed by atoms with E-state index in [1.54, 1.807) is 20.8 Å². The van der Waals surface area contributed by atoms with Gasteiger partial charge in [0.05, 0.1) is 24.9 Å². The normalized spacial score (nSPS) is 16.8. The minimum atomic E-state index is -0.728. The monoisotopic (exact) mass is 264 g/mol. The van der Waals surface area contributed by atoms with Crippen molar-refractivity contribution >= 4 is 0 Å². The van der Waals surface area contributed by atoms with Crippen LogP contribution in [0.4, 0.5) is 0 Å². The molecule has 0 saturated heterocycles. The van der Waals surface area contributed by atoms with Gasteiger partial charge in [0.1, 0.15) is 0 Å². The van der Waals surface area contributed by atoms with Crippen LogP contribution in [0.2, 0.25) is 0 Å². The van der Waals surface area contributed by atoms with Crippen LogP contribution >= 0.6 is 0 Å². The summed E-state index contributed by atoms with van der Waals surface area (Å²) < 4.78 is 0. The SMILES string of the molecule is C1CCCCC1.CC(O)CC(C)(C)O.OCCO. The van der Waals surface area contributed by atoms with Gasteiger partial charge >= 0.3 is 0 Å². The van der Waals surface area contributed by atoms with Crippen LogP contribution in [0.1, 0.15) is 65.7 Å². The lowest BCUT2D eigenvalue weighted by Crippen LogP contribution is -2.24. The average molecular weight is 264 g/mol. The summed E-state index contributed by atoms with van der Waals surface area (Å²) in [5, 5.41) is 33.0. The van der Waals surface area contributed by atoms with Gasteiger partial charge in [-0.1, -0.05) is 38.5 Å². The Kier molecular flexibility index (Phi) is 14.9. The molecular weight excluding hydrogens is 232 g/mol. The molecule has 0 heterocycles. The molecule has 112 valence electrons. The molecule has 0 aliphatic heterocycles. The van der Waals surface area contributed by atoms with Gasteiger partial charge in [-0.2, -0.15) is 0 Å². The smallest absolute Gasteiger partial charge is 0.0662 e. The first-order valence-electron chi connectivity index (χ1n) is 6.95. The van der Waals surface area contributed by atoms with Crippen molar-refractivity contribution in [1.82, 2.24) is 0 Å². The Labute approximate surface area is 112 Å². The number of rotatable bonds is 3. The number of aliphatic hydroxyl groups excluding tert-OH is 3. The van der Waals surface area contributed by atoms with Crippen molar-refractivity contribution in [3.63, 3.8) is 0 Å². The van der Waals surface area contributed by atoms with E-state index < -0.39 is 11.7 Å². The fraction of sp³-hybridized carbons (Fsp3) is 1.00. The van der Waals surface area contributed by atoms with E-state index in [4.69, 9.17) is 20.4 Å². The highest BCUT2D eigenvalue weighted by Crippen LogP contribution is 2.15. The first kappa shape index (κ1) is 20.2. The highest BCUT2D eigenvalue weighted by atomic mass is 16.3. The van der Waals surface area contributed by atoms with Gasteiger partial charge in [-0.15, -0.1) is 0 Å². The quantitative estimate of drug-likeness (QED) is 0.627. The van der Waals surface area contributed by atoms with Crippen molar-refractivity contribution < 1.29 is 20.4 Å². The summed E-state index contributed by atoms with van der Waals surface area (Å²) in [5.74, 6) is 0. The second-order valence-electron chi connectivity index (χ2n) is 5.43. The molecule has 0 aromatic rings. The van der Waals surface area contributed by atoms with Crippen LogP contribution in [0.3, 0.4) is 0 Å². The van der Waals surface area contributed by atoms with Crippen LogP contribution in [0.5, 0.6) is 0 Å². The van der Waals surface area contributed by atoms with Crippen LogP contribution in [-0.2, 0) is 0 Å². The van der Waals surface area contributed by atoms with Crippen LogP contribution in [0.25, 0.3) is 0 Å². The van der Waals surface area contributed by atoms with Crippen molar-refractivity contribution in [3.05, 3.63) is 0 Å². The molecule has 1 saturated carbocycles. The topological polar surface area (TPSA) is 80.9 Å². The molecule has 4 heteroatoms. The molecular formula is C14H32O4. The third-order valence-corrected chi connectivity index (χ3v) is 2.39. The Balaban J connectivity index is 0. The molecule has 1 atom stereocenters. The molecule has 0 radical (unpaired) electrons. The van der Waals surface area contributed by atoms with E-state index in [-0.39, 0.29) is 13.2 Å². The molecule has 0 aromatic heterocycles. The molecule has 18 heavy (non-hydrogen) atoms. The zero-order chi connectivity index (χ0) is 14.4. The predicted molar refractivity (Wildman–Crippen MR) is 74.5 cm³/mol. The second-order valence-corrected chi connectivity index (χ2v) is 5.43. The molecule has 0 amide bonds. The number of hydrogen-bond donors (Lipinski definition) is 4. The lowest BCUT2D eigenvalue weighted by Gasteiger charge is -2.17. The van der Waals surface area contributed by atoms with Crippen LogP contribution in [-0.4, -0.2) is 45.3 Å². The largest absolute Gasteiger partial charge is 0.394 e. The third kappa shape index (κ3) is 24.9. The van der Waals surface area contributed by atoms with Crippen molar-refractivity contribution in [2.75, 3.05) is 13.2 Å². The molecule has 0 spiro atoms. The summed E-state index contributed by atoms with van der Waals surface area (Å²) in [4.78, 5) is 0. The van der Waals surface area contributed by atoms with Crippen LogP contribution in [0.15, 0.2) is 0 Å². The van der Waals surface area contributed by atoms with E-state index in [2.05, 4.69) is 0 Å². The predicted octanol–water partition coefficient (Wildman–Crippen LogP) is 1.84. The van der Waals surface area contributed by atoms with E-state index in [1.165, 1.54) is 38.5 Å². The van der Waals surface area contributed by atoms with E-state index in [1.807, 2.05) is 0 Å². The maximum Gasteiger partial charge on any atom is 0.0662 e. The van der Waals surface area contributed by atoms with Crippen molar-refractivity contribution in [1.29, 1.82) is 0 Å². The van der Waals surface area contributed by atoms with E-state index >= 15 is 0 Å². The van der Waals surface area contributed by atoms with Gasteiger partial charge in [-0.05, 0) is 20.8 Å². The fourth-order valence-corrected chi connectivity index (χ4v) is 1.78.